The number of benzene rings is 1. The Balaban J connectivity index is 1.77. The van der Waals surface area contributed by atoms with Crippen LogP contribution in [0, 0.1) is 12.8 Å². The lowest BCUT2D eigenvalue weighted by molar-refractivity contribution is 0.0607. The van der Waals surface area contributed by atoms with Crippen LogP contribution in [0.25, 0.3) is 0 Å². The molecule has 6 heteroatoms. The normalized spacial score (nSPS) is 17.3. The Hall–Kier alpha value is -2.08. The third kappa shape index (κ3) is 3.70. The van der Waals surface area contributed by atoms with Crippen LogP contribution in [0.15, 0.2) is 33.6 Å². The van der Waals surface area contributed by atoms with Gasteiger partial charge in [-0.2, -0.15) is 0 Å². The van der Waals surface area contributed by atoms with Gasteiger partial charge >= 0.3 is 0 Å². The first-order valence-corrected chi connectivity index (χ1v) is 10.2. The molecule has 138 valence electrons. The standard InChI is InChI=1S/C20H24N2O3S/c1-4-17-21-13(2)19(25-17)20(24)22-11-7-8-14(12-22)18(23)15-9-5-6-10-16(15)26-3/h5-6,9-10,14H,4,7-8,11-12H2,1-3H3. The Kier molecular flexibility index (Phi) is 5.81. The Labute approximate surface area is 158 Å². The van der Waals surface area contributed by atoms with Crippen LogP contribution in [0.2, 0.25) is 0 Å². The fourth-order valence-electron chi connectivity index (χ4n) is 3.39. The van der Waals surface area contributed by atoms with E-state index in [0.29, 0.717) is 36.9 Å². The molecule has 0 aliphatic carbocycles. The summed E-state index contributed by atoms with van der Waals surface area (Å²) in [5.74, 6) is 0.667. The van der Waals surface area contributed by atoms with Gasteiger partial charge in [0.15, 0.2) is 11.7 Å². The third-order valence-corrected chi connectivity index (χ3v) is 5.59. The summed E-state index contributed by atoms with van der Waals surface area (Å²) in [5.41, 5.74) is 1.37. The van der Waals surface area contributed by atoms with Crippen molar-refractivity contribution in [1.29, 1.82) is 0 Å². The highest BCUT2D eigenvalue weighted by Gasteiger charge is 2.32. The highest BCUT2D eigenvalue weighted by atomic mass is 32.2. The Morgan fingerprint density at radius 2 is 2.12 bits per heavy atom. The van der Waals surface area contributed by atoms with Crippen LogP contribution in [0.3, 0.4) is 0 Å². The number of aromatic nitrogens is 1. The van der Waals surface area contributed by atoms with E-state index >= 15 is 0 Å². The van der Waals surface area contributed by atoms with Gasteiger partial charge in [-0.15, -0.1) is 11.8 Å². The molecule has 0 spiro atoms. The maximum absolute atomic E-state index is 13.0. The average Bonchev–Trinajstić information content (AvgIpc) is 3.07. The van der Waals surface area contributed by atoms with E-state index in [2.05, 4.69) is 4.98 Å². The molecule has 2 heterocycles. The number of rotatable bonds is 5. The van der Waals surface area contributed by atoms with Crippen LogP contribution in [0.1, 0.15) is 52.3 Å². The van der Waals surface area contributed by atoms with E-state index in [1.807, 2.05) is 37.4 Å². The van der Waals surface area contributed by atoms with Gasteiger partial charge in [-0.05, 0) is 32.1 Å². The molecule has 1 aliphatic heterocycles. The first kappa shape index (κ1) is 18.7. The minimum absolute atomic E-state index is 0.121. The molecule has 1 aromatic heterocycles. The Morgan fingerprint density at radius 3 is 2.81 bits per heavy atom. The quantitative estimate of drug-likeness (QED) is 0.586. The molecule has 0 radical (unpaired) electrons. The first-order chi connectivity index (χ1) is 12.5. The molecule has 1 saturated heterocycles. The molecule has 3 rings (SSSR count). The second-order valence-corrected chi connectivity index (χ2v) is 7.38. The molecule has 1 unspecified atom stereocenters. The lowest BCUT2D eigenvalue weighted by Gasteiger charge is -2.31. The predicted octanol–water partition coefficient (Wildman–Crippen LogP) is 4.00. The number of Topliss-reactive ketones (excluding diaryl/α,β-unsaturated/α-hetero) is 1. The van der Waals surface area contributed by atoms with Crippen molar-refractivity contribution in [2.45, 2.75) is 38.0 Å². The van der Waals surface area contributed by atoms with Gasteiger partial charge in [0.05, 0.1) is 5.69 Å². The molecule has 5 nitrogen and oxygen atoms in total. The van der Waals surface area contributed by atoms with E-state index < -0.39 is 0 Å². The lowest BCUT2D eigenvalue weighted by atomic mass is 9.90. The van der Waals surface area contributed by atoms with Gasteiger partial charge in [0.25, 0.3) is 5.91 Å². The van der Waals surface area contributed by atoms with Gasteiger partial charge in [0.2, 0.25) is 5.76 Å². The SMILES string of the molecule is CCc1nc(C)c(C(=O)N2CCCC(C(=O)c3ccccc3SC)C2)o1. The lowest BCUT2D eigenvalue weighted by Crippen LogP contribution is -2.42. The maximum Gasteiger partial charge on any atom is 0.291 e. The van der Waals surface area contributed by atoms with E-state index in [1.54, 1.807) is 23.6 Å². The second-order valence-electron chi connectivity index (χ2n) is 6.53. The number of aryl methyl sites for hydroxylation is 2. The van der Waals surface area contributed by atoms with E-state index in [9.17, 15) is 9.59 Å². The minimum Gasteiger partial charge on any atom is -0.435 e. The number of likely N-dealkylation sites (tertiary alicyclic amines) is 1. The fourth-order valence-corrected chi connectivity index (χ4v) is 3.99. The largest absolute Gasteiger partial charge is 0.435 e. The third-order valence-electron chi connectivity index (χ3n) is 4.79. The zero-order valence-corrected chi connectivity index (χ0v) is 16.3. The summed E-state index contributed by atoms with van der Waals surface area (Å²) in [6.45, 7) is 4.81. The smallest absolute Gasteiger partial charge is 0.291 e. The second kappa shape index (κ2) is 8.08. The predicted molar refractivity (Wildman–Crippen MR) is 102 cm³/mol. The highest BCUT2D eigenvalue weighted by molar-refractivity contribution is 7.98. The summed E-state index contributed by atoms with van der Waals surface area (Å²) in [7, 11) is 0. The zero-order chi connectivity index (χ0) is 18.7. The molecule has 0 N–H and O–H groups in total. The number of ketones is 1. The number of amides is 1. The van der Waals surface area contributed by atoms with Crippen molar-refractivity contribution in [2.24, 2.45) is 5.92 Å². The average molecular weight is 372 g/mol. The van der Waals surface area contributed by atoms with Gasteiger partial charge in [-0.25, -0.2) is 4.98 Å². The van der Waals surface area contributed by atoms with Crippen molar-refractivity contribution < 1.29 is 14.0 Å². The number of carbonyl (C=O) groups is 2. The van der Waals surface area contributed by atoms with Crippen molar-refractivity contribution in [3.05, 3.63) is 47.2 Å². The fraction of sp³-hybridized carbons (Fsp3) is 0.450. The topological polar surface area (TPSA) is 63.4 Å². The molecule has 1 atom stereocenters. The van der Waals surface area contributed by atoms with Gasteiger partial charge < -0.3 is 9.32 Å². The van der Waals surface area contributed by atoms with Gasteiger partial charge in [-0.3, -0.25) is 9.59 Å². The molecule has 1 aromatic carbocycles. The summed E-state index contributed by atoms with van der Waals surface area (Å²) in [6.07, 6.45) is 4.25. The van der Waals surface area contributed by atoms with Gasteiger partial charge in [-0.1, -0.05) is 25.1 Å². The van der Waals surface area contributed by atoms with Crippen LogP contribution in [-0.4, -0.2) is 40.9 Å². The first-order valence-electron chi connectivity index (χ1n) is 8.98. The van der Waals surface area contributed by atoms with E-state index in [4.69, 9.17) is 4.42 Å². The van der Waals surface area contributed by atoms with Crippen LogP contribution in [0.4, 0.5) is 0 Å². The molecule has 0 saturated carbocycles. The number of oxazole rings is 1. The number of nitrogens with zero attached hydrogens (tertiary/aromatic N) is 2. The zero-order valence-electron chi connectivity index (χ0n) is 15.4. The highest BCUT2D eigenvalue weighted by Crippen LogP contribution is 2.27. The number of piperidine rings is 1. The summed E-state index contributed by atoms with van der Waals surface area (Å²) in [4.78, 5) is 32.9. The van der Waals surface area contributed by atoms with Crippen molar-refractivity contribution in [2.75, 3.05) is 19.3 Å². The number of carbonyl (C=O) groups excluding carboxylic acids is 2. The van der Waals surface area contributed by atoms with Gasteiger partial charge in [0.1, 0.15) is 0 Å². The minimum atomic E-state index is -0.171. The van der Waals surface area contributed by atoms with Crippen LogP contribution in [-0.2, 0) is 6.42 Å². The Bertz CT molecular complexity index is 815. The number of hydrogen-bond acceptors (Lipinski definition) is 5. The molecule has 0 bridgehead atoms. The van der Waals surface area contributed by atoms with Crippen molar-refractivity contribution in [1.82, 2.24) is 9.88 Å². The summed E-state index contributed by atoms with van der Waals surface area (Å²) in [6, 6.07) is 7.68. The summed E-state index contributed by atoms with van der Waals surface area (Å²) in [5, 5.41) is 0. The molecule has 2 aromatic rings. The van der Waals surface area contributed by atoms with Crippen LogP contribution < -0.4 is 0 Å². The summed E-state index contributed by atoms with van der Waals surface area (Å²) >= 11 is 1.57. The Morgan fingerprint density at radius 1 is 1.35 bits per heavy atom. The number of hydrogen-bond donors (Lipinski definition) is 0. The van der Waals surface area contributed by atoms with Crippen LogP contribution >= 0.6 is 11.8 Å². The van der Waals surface area contributed by atoms with Gasteiger partial charge in [0, 0.05) is 35.9 Å². The van der Waals surface area contributed by atoms with Crippen molar-refractivity contribution >= 4 is 23.5 Å². The molecule has 1 aliphatic rings. The van der Waals surface area contributed by atoms with E-state index in [-0.39, 0.29) is 17.6 Å². The van der Waals surface area contributed by atoms with Crippen molar-refractivity contribution in [3.63, 3.8) is 0 Å². The monoisotopic (exact) mass is 372 g/mol. The molecule has 26 heavy (non-hydrogen) atoms. The maximum atomic E-state index is 13.0. The number of thioether (sulfide) groups is 1. The van der Waals surface area contributed by atoms with Crippen molar-refractivity contribution in [3.8, 4) is 0 Å². The molecular weight excluding hydrogens is 348 g/mol. The molecular formula is C20H24N2O3S. The molecule has 1 fully saturated rings. The summed E-state index contributed by atoms with van der Waals surface area (Å²) < 4.78 is 5.60. The van der Waals surface area contributed by atoms with E-state index in [1.165, 1.54) is 0 Å². The van der Waals surface area contributed by atoms with Crippen LogP contribution in [0.5, 0.6) is 0 Å². The van der Waals surface area contributed by atoms with E-state index in [0.717, 1.165) is 23.3 Å². The molecule has 1 amide bonds.